The van der Waals surface area contributed by atoms with Crippen LogP contribution >= 0.6 is 11.6 Å². The van der Waals surface area contributed by atoms with Crippen LogP contribution in [-0.4, -0.2) is 29.8 Å². The number of likely N-dealkylation sites (tertiary alicyclic amines) is 1. The molecule has 1 fully saturated rings. The van der Waals surface area contributed by atoms with E-state index in [2.05, 4.69) is 13.8 Å². The van der Waals surface area contributed by atoms with Crippen molar-refractivity contribution >= 4 is 29.1 Å². The Labute approximate surface area is 141 Å². The van der Waals surface area contributed by atoms with Crippen LogP contribution in [0.5, 0.6) is 0 Å². The van der Waals surface area contributed by atoms with Crippen molar-refractivity contribution in [1.29, 1.82) is 0 Å². The quantitative estimate of drug-likeness (QED) is 0.797. The number of carbonyl (C=O) groups is 2. The molecular weight excluding hydrogens is 312 g/mol. The Kier molecular flexibility index (Phi) is 4.44. The summed E-state index contributed by atoms with van der Waals surface area (Å²) in [6.07, 6.45) is 3.07. The molecule has 0 spiro atoms. The maximum Gasteiger partial charge on any atom is 0.283 e. The lowest BCUT2D eigenvalue weighted by atomic mass is 10.00. The number of nitrogens with zero attached hydrogens (tertiary/aromatic N) is 2. The van der Waals surface area contributed by atoms with Gasteiger partial charge in [-0.2, -0.15) is 0 Å². The van der Waals surface area contributed by atoms with Crippen LogP contribution in [0.15, 0.2) is 35.0 Å². The van der Waals surface area contributed by atoms with Crippen LogP contribution in [0, 0.1) is 5.92 Å². The molecule has 23 heavy (non-hydrogen) atoms. The van der Waals surface area contributed by atoms with Crippen molar-refractivity contribution in [3.63, 3.8) is 0 Å². The largest absolute Gasteiger partial charge is 0.365 e. The Balaban J connectivity index is 1.88. The van der Waals surface area contributed by atoms with E-state index in [0.29, 0.717) is 17.3 Å². The van der Waals surface area contributed by atoms with Crippen LogP contribution in [-0.2, 0) is 16.0 Å². The molecule has 0 aromatic heterocycles. The average Bonchev–Trinajstić information content (AvgIpc) is 2.77. The van der Waals surface area contributed by atoms with Gasteiger partial charge in [-0.05, 0) is 42.9 Å². The highest BCUT2D eigenvalue weighted by Crippen LogP contribution is 2.33. The minimum Gasteiger partial charge on any atom is -0.365 e. The number of aryl methyl sites for hydroxylation is 1. The summed E-state index contributed by atoms with van der Waals surface area (Å²) in [5.74, 6) is -0.228. The smallest absolute Gasteiger partial charge is 0.283 e. The van der Waals surface area contributed by atoms with Gasteiger partial charge in [-0.1, -0.05) is 37.6 Å². The monoisotopic (exact) mass is 332 g/mol. The second kappa shape index (κ2) is 6.36. The predicted molar refractivity (Wildman–Crippen MR) is 91.2 cm³/mol. The topological polar surface area (TPSA) is 40.6 Å². The lowest BCUT2D eigenvalue weighted by Gasteiger charge is -2.33. The van der Waals surface area contributed by atoms with Gasteiger partial charge in [-0.3, -0.25) is 9.59 Å². The van der Waals surface area contributed by atoms with Crippen molar-refractivity contribution in [3.05, 3.63) is 40.6 Å². The van der Waals surface area contributed by atoms with E-state index in [0.717, 1.165) is 37.9 Å². The SMILES string of the molecule is CCc1ccc(N2C(=O)C(Cl)=C(N3CCCC(C)C3)C2=O)cc1. The number of hydrogen-bond acceptors (Lipinski definition) is 3. The number of piperidine rings is 1. The van der Waals surface area contributed by atoms with Gasteiger partial charge >= 0.3 is 0 Å². The van der Waals surface area contributed by atoms with E-state index in [4.69, 9.17) is 11.6 Å². The second-order valence-electron chi connectivity index (χ2n) is 6.32. The third-order valence-electron chi connectivity index (χ3n) is 4.58. The highest BCUT2D eigenvalue weighted by molar-refractivity contribution is 6.52. The van der Waals surface area contributed by atoms with Crippen LogP contribution in [0.3, 0.4) is 0 Å². The molecular formula is C18H21ClN2O2. The average molecular weight is 333 g/mol. The summed E-state index contributed by atoms with van der Waals surface area (Å²) in [7, 11) is 0. The van der Waals surface area contributed by atoms with Crippen LogP contribution in [0.25, 0.3) is 0 Å². The van der Waals surface area contributed by atoms with E-state index in [1.54, 1.807) is 12.1 Å². The molecule has 0 radical (unpaired) electrons. The Hall–Kier alpha value is -1.81. The summed E-state index contributed by atoms with van der Waals surface area (Å²) in [6, 6.07) is 7.48. The Morgan fingerprint density at radius 2 is 1.87 bits per heavy atom. The van der Waals surface area contributed by atoms with Gasteiger partial charge < -0.3 is 4.90 Å². The Bertz CT molecular complexity index is 666. The molecule has 122 valence electrons. The first kappa shape index (κ1) is 16.1. The molecule has 0 aliphatic carbocycles. The normalized spacial score (nSPS) is 22.3. The number of halogens is 1. The standard InChI is InChI=1S/C18H21ClN2O2/c1-3-13-6-8-14(9-7-13)21-17(22)15(19)16(18(21)23)20-10-4-5-12(2)11-20/h6-9,12H,3-5,10-11H2,1-2H3. The maximum atomic E-state index is 12.8. The van der Waals surface area contributed by atoms with Crippen LogP contribution in [0.2, 0.25) is 0 Å². The fraction of sp³-hybridized carbons (Fsp3) is 0.444. The van der Waals surface area contributed by atoms with Crippen molar-refractivity contribution in [2.45, 2.75) is 33.1 Å². The van der Waals surface area contributed by atoms with Gasteiger partial charge in [0.25, 0.3) is 11.8 Å². The van der Waals surface area contributed by atoms with Gasteiger partial charge in [0, 0.05) is 13.1 Å². The van der Waals surface area contributed by atoms with Crippen molar-refractivity contribution in [1.82, 2.24) is 4.90 Å². The number of carbonyl (C=O) groups excluding carboxylic acids is 2. The molecule has 1 aromatic carbocycles. The molecule has 2 aliphatic rings. The molecule has 1 unspecified atom stereocenters. The lowest BCUT2D eigenvalue weighted by Crippen LogP contribution is -2.39. The number of benzene rings is 1. The fourth-order valence-corrected chi connectivity index (χ4v) is 3.56. The fourth-order valence-electron chi connectivity index (χ4n) is 3.27. The zero-order valence-corrected chi connectivity index (χ0v) is 14.3. The molecule has 1 aromatic rings. The molecule has 0 saturated carbocycles. The van der Waals surface area contributed by atoms with Crippen LogP contribution in [0.1, 0.15) is 32.3 Å². The van der Waals surface area contributed by atoms with Gasteiger partial charge in [-0.15, -0.1) is 0 Å². The molecule has 3 rings (SSSR count). The summed E-state index contributed by atoms with van der Waals surface area (Å²) >= 11 is 6.23. The number of imide groups is 1. The third kappa shape index (κ3) is 2.88. The van der Waals surface area contributed by atoms with Crippen LogP contribution < -0.4 is 4.90 Å². The molecule has 5 heteroatoms. The minimum atomic E-state index is -0.422. The van der Waals surface area contributed by atoms with Gasteiger partial charge in [-0.25, -0.2) is 4.90 Å². The summed E-state index contributed by atoms with van der Waals surface area (Å²) in [4.78, 5) is 28.5. The molecule has 1 atom stereocenters. The first-order valence-corrected chi connectivity index (χ1v) is 8.53. The first-order valence-electron chi connectivity index (χ1n) is 8.15. The second-order valence-corrected chi connectivity index (χ2v) is 6.70. The molecule has 0 N–H and O–H groups in total. The van der Waals surface area contributed by atoms with Crippen molar-refractivity contribution in [2.75, 3.05) is 18.0 Å². The summed E-state index contributed by atoms with van der Waals surface area (Å²) in [5.41, 5.74) is 2.11. The van der Waals surface area contributed by atoms with E-state index < -0.39 is 5.91 Å². The molecule has 4 nitrogen and oxygen atoms in total. The summed E-state index contributed by atoms with van der Waals surface area (Å²) in [5, 5.41) is 0.0451. The number of anilines is 1. The van der Waals surface area contributed by atoms with Crippen molar-refractivity contribution in [2.24, 2.45) is 5.92 Å². The van der Waals surface area contributed by atoms with Crippen LogP contribution in [0.4, 0.5) is 5.69 Å². The number of rotatable bonds is 3. The van der Waals surface area contributed by atoms with E-state index in [1.165, 1.54) is 4.90 Å². The molecule has 0 bridgehead atoms. The summed E-state index contributed by atoms with van der Waals surface area (Å²) in [6.45, 7) is 5.77. The first-order chi connectivity index (χ1) is 11.0. The minimum absolute atomic E-state index is 0.0451. The number of hydrogen-bond donors (Lipinski definition) is 0. The Morgan fingerprint density at radius 1 is 1.17 bits per heavy atom. The zero-order chi connectivity index (χ0) is 16.6. The lowest BCUT2D eigenvalue weighted by molar-refractivity contribution is -0.121. The third-order valence-corrected chi connectivity index (χ3v) is 4.92. The highest BCUT2D eigenvalue weighted by atomic mass is 35.5. The van der Waals surface area contributed by atoms with Gasteiger partial charge in [0.2, 0.25) is 0 Å². The predicted octanol–water partition coefficient (Wildman–Crippen LogP) is 3.30. The maximum absolute atomic E-state index is 12.8. The van der Waals surface area contributed by atoms with E-state index in [-0.39, 0.29) is 10.9 Å². The zero-order valence-electron chi connectivity index (χ0n) is 13.5. The van der Waals surface area contributed by atoms with Gasteiger partial charge in [0.15, 0.2) is 0 Å². The van der Waals surface area contributed by atoms with Gasteiger partial charge in [0.1, 0.15) is 10.7 Å². The molecule has 2 heterocycles. The Morgan fingerprint density at radius 3 is 2.48 bits per heavy atom. The van der Waals surface area contributed by atoms with Gasteiger partial charge in [0.05, 0.1) is 5.69 Å². The van der Waals surface area contributed by atoms with E-state index in [1.807, 2.05) is 17.0 Å². The van der Waals surface area contributed by atoms with E-state index in [9.17, 15) is 9.59 Å². The van der Waals surface area contributed by atoms with Crippen molar-refractivity contribution < 1.29 is 9.59 Å². The van der Waals surface area contributed by atoms with E-state index >= 15 is 0 Å². The highest BCUT2D eigenvalue weighted by Gasteiger charge is 2.41. The summed E-state index contributed by atoms with van der Waals surface area (Å²) < 4.78 is 0. The molecule has 1 saturated heterocycles. The van der Waals surface area contributed by atoms with Crippen molar-refractivity contribution in [3.8, 4) is 0 Å². The number of amides is 2. The molecule has 2 amide bonds. The molecule has 2 aliphatic heterocycles.